The fourth-order valence-corrected chi connectivity index (χ4v) is 4.10. The van der Waals surface area contributed by atoms with Crippen LogP contribution < -0.4 is 10.6 Å². The van der Waals surface area contributed by atoms with E-state index in [9.17, 15) is 9.59 Å². The van der Waals surface area contributed by atoms with Gasteiger partial charge in [-0.05, 0) is 46.8 Å². The molecule has 0 aliphatic heterocycles. The van der Waals surface area contributed by atoms with Gasteiger partial charge in [-0.2, -0.15) is 4.68 Å². The monoisotopic (exact) mass is 425 g/mol. The van der Waals surface area contributed by atoms with E-state index in [1.165, 1.54) is 34.7 Å². The molecule has 0 saturated heterocycles. The zero-order valence-electron chi connectivity index (χ0n) is 15.2. The number of hydrogen-bond donors (Lipinski definition) is 2. The Morgan fingerprint density at radius 3 is 2.66 bits per heavy atom. The number of nitrogens with one attached hydrogen (secondary N) is 2. The van der Waals surface area contributed by atoms with Gasteiger partial charge in [-0.25, -0.2) is 4.98 Å². The Hall–Kier alpha value is -3.31. The molecule has 0 aliphatic carbocycles. The van der Waals surface area contributed by atoms with Gasteiger partial charge in [0.1, 0.15) is 0 Å². The largest absolute Gasteiger partial charge is 0.326 e. The second-order valence-corrected chi connectivity index (χ2v) is 7.90. The van der Waals surface area contributed by atoms with Crippen molar-refractivity contribution in [3.05, 3.63) is 48.5 Å². The van der Waals surface area contributed by atoms with Crippen molar-refractivity contribution in [3.8, 4) is 5.69 Å². The molecule has 0 fully saturated rings. The summed E-state index contributed by atoms with van der Waals surface area (Å²) in [6, 6.07) is 14.8. The Bertz CT molecular complexity index is 1140. The smallest absolute Gasteiger partial charge is 0.236 e. The third kappa shape index (κ3) is 4.58. The van der Waals surface area contributed by atoms with Gasteiger partial charge in [-0.15, -0.1) is 5.10 Å². The van der Waals surface area contributed by atoms with Crippen molar-refractivity contribution in [2.24, 2.45) is 0 Å². The maximum absolute atomic E-state index is 12.3. The first-order valence-corrected chi connectivity index (χ1v) is 10.3. The van der Waals surface area contributed by atoms with Crippen molar-refractivity contribution >= 4 is 55.9 Å². The van der Waals surface area contributed by atoms with Gasteiger partial charge in [0.25, 0.3) is 0 Å². The molecule has 4 aromatic rings. The number of benzene rings is 2. The van der Waals surface area contributed by atoms with Crippen LogP contribution in [0.2, 0.25) is 0 Å². The molecule has 2 aromatic carbocycles. The minimum atomic E-state index is -0.190. The van der Waals surface area contributed by atoms with E-state index in [0.717, 1.165) is 15.9 Å². The normalized spacial score (nSPS) is 10.8. The quantitative estimate of drug-likeness (QED) is 0.456. The van der Waals surface area contributed by atoms with Crippen LogP contribution in [0.15, 0.2) is 53.7 Å². The number of tetrazole rings is 1. The van der Waals surface area contributed by atoms with E-state index >= 15 is 0 Å². The SMILES string of the molecule is CC(=O)Nc1ccc(-n2nnnc2SCC(=O)Nc2nc3ccccc3s2)cc1. The van der Waals surface area contributed by atoms with Crippen LogP contribution in [0.5, 0.6) is 0 Å². The maximum atomic E-state index is 12.3. The van der Waals surface area contributed by atoms with Crippen LogP contribution in [0.1, 0.15) is 6.92 Å². The highest BCUT2D eigenvalue weighted by molar-refractivity contribution is 7.99. The van der Waals surface area contributed by atoms with Crippen molar-refractivity contribution in [3.63, 3.8) is 0 Å². The summed E-state index contributed by atoms with van der Waals surface area (Å²) in [5.41, 5.74) is 2.25. The fraction of sp³-hybridized carbons (Fsp3) is 0.111. The Kier molecular flexibility index (Phi) is 5.49. The van der Waals surface area contributed by atoms with E-state index in [1.54, 1.807) is 24.3 Å². The van der Waals surface area contributed by atoms with E-state index in [-0.39, 0.29) is 17.6 Å². The lowest BCUT2D eigenvalue weighted by molar-refractivity contribution is -0.114. The van der Waals surface area contributed by atoms with Crippen molar-refractivity contribution < 1.29 is 9.59 Å². The zero-order chi connectivity index (χ0) is 20.2. The number of thiazole rings is 1. The molecule has 2 amide bonds. The standard InChI is InChI=1S/C18H15N7O2S2/c1-11(26)19-12-6-8-13(9-7-12)25-18(22-23-24-25)28-10-16(27)21-17-20-14-4-2-3-5-15(14)29-17/h2-9H,10H2,1H3,(H,19,26)(H,20,21,27). The van der Waals surface area contributed by atoms with E-state index in [0.29, 0.717) is 16.0 Å². The molecular weight excluding hydrogens is 410 g/mol. The molecule has 0 unspecified atom stereocenters. The number of nitrogens with zero attached hydrogens (tertiary/aromatic N) is 5. The van der Waals surface area contributed by atoms with Crippen LogP contribution in [-0.2, 0) is 9.59 Å². The van der Waals surface area contributed by atoms with Gasteiger partial charge in [0.05, 0.1) is 21.7 Å². The van der Waals surface area contributed by atoms with Gasteiger partial charge in [0.15, 0.2) is 5.13 Å². The lowest BCUT2D eigenvalue weighted by atomic mass is 10.3. The van der Waals surface area contributed by atoms with Gasteiger partial charge in [-0.3, -0.25) is 9.59 Å². The molecule has 0 saturated carbocycles. The van der Waals surface area contributed by atoms with Crippen LogP contribution in [0.3, 0.4) is 0 Å². The number of carbonyl (C=O) groups is 2. The van der Waals surface area contributed by atoms with Crippen LogP contribution in [0, 0.1) is 0 Å². The van der Waals surface area contributed by atoms with Gasteiger partial charge < -0.3 is 10.6 Å². The third-order valence-electron chi connectivity index (χ3n) is 3.75. The van der Waals surface area contributed by atoms with Crippen molar-refractivity contribution in [2.45, 2.75) is 12.1 Å². The van der Waals surface area contributed by atoms with E-state index in [2.05, 4.69) is 31.1 Å². The summed E-state index contributed by atoms with van der Waals surface area (Å²) in [6.45, 7) is 1.45. The summed E-state index contributed by atoms with van der Waals surface area (Å²) in [7, 11) is 0. The maximum Gasteiger partial charge on any atom is 0.236 e. The average Bonchev–Trinajstić information content (AvgIpc) is 3.32. The minimum absolute atomic E-state index is 0.139. The molecule has 9 nitrogen and oxygen atoms in total. The molecule has 0 aliphatic rings. The van der Waals surface area contributed by atoms with Gasteiger partial charge in [-0.1, -0.05) is 35.2 Å². The molecule has 146 valence electrons. The van der Waals surface area contributed by atoms with Gasteiger partial charge >= 0.3 is 0 Å². The van der Waals surface area contributed by atoms with Crippen LogP contribution in [-0.4, -0.2) is 42.8 Å². The number of amides is 2. The molecule has 11 heteroatoms. The Balaban J connectivity index is 1.39. The number of anilines is 2. The Morgan fingerprint density at radius 2 is 1.90 bits per heavy atom. The fourth-order valence-electron chi connectivity index (χ4n) is 2.53. The highest BCUT2D eigenvalue weighted by Gasteiger charge is 2.13. The molecule has 2 aromatic heterocycles. The van der Waals surface area contributed by atoms with E-state index < -0.39 is 0 Å². The summed E-state index contributed by atoms with van der Waals surface area (Å²) in [6.07, 6.45) is 0. The first kappa shape index (κ1) is 19.0. The number of fused-ring (bicyclic) bond motifs is 1. The highest BCUT2D eigenvalue weighted by Crippen LogP contribution is 2.26. The number of thioether (sulfide) groups is 1. The van der Waals surface area contributed by atoms with Crippen LogP contribution in [0.25, 0.3) is 15.9 Å². The number of para-hydroxylation sites is 1. The summed E-state index contributed by atoms with van der Waals surface area (Å²) < 4.78 is 2.55. The zero-order valence-corrected chi connectivity index (χ0v) is 16.8. The number of aromatic nitrogens is 5. The van der Waals surface area contributed by atoms with Crippen molar-refractivity contribution in [2.75, 3.05) is 16.4 Å². The number of hydrogen-bond acceptors (Lipinski definition) is 8. The lowest BCUT2D eigenvalue weighted by Gasteiger charge is -2.06. The molecule has 0 atom stereocenters. The summed E-state index contributed by atoms with van der Waals surface area (Å²) in [4.78, 5) is 27.8. The van der Waals surface area contributed by atoms with Gasteiger partial charge in [0.2, 0.25) is 17.0 Å². The highest BCUT2D eigenvalue weighted by atomic mass is 32.2. The molecular formula is C18H15N7O2S2. The van der Waals surface area contributed by atoms with Crippen molar-refractivity contribution in [1.82, 2.24) is 25.2 Å². The first-order chi connectivity index (χ1) is 14.1. The van der Waals surface area contributed by atoms with Crippen LogP contribution >= 0.6 is 23.1 Å². The van der Waals surface area contributed by atoms with Crippen molar-refractivity contribution in [1.29, 1.82) is 0 Å². The second kappa shape index (κ2) is 8.37. The van der Waals surface area contributed by atoms with Crippen LogP contribution in [0.4, 0.5) is 10.8 Å². The summed E-state index contributed by atoms with van der Waals surface area (Å²) in [5, 5.41) is 18.2. The number of carbonyl (C=O) groups excluding carboxylic acids is 2. The van der Waals surface area contributed by atoms with Gasteiger partial charge in [0, 0.05) is 12.6 Å². The second-order valence-electron chi connectivity index (χ2n) is 5.92. The Morgan fingerprint density at radius 1 is 1.10 bits per heavy atom. The number of rotatable bonds is 6. The molecule has 2 heterocycles. The van der Waals surface area contributed by atoms with E-state index in [4.69, 9.17) is 0 Å². The molecule has 0 radical (unpaired) electrons. The molecule has 4 rings (SSSR count). The Labute approximate surface area is 173 Å². The molecule has 2 N–H and O–H groups in total. The summed E-state index contributed by atoms with van der Waals surface area (Å²) in [5.74, 6) is -0.194. The average molecular weight is 425 g/mol. The first-order valence-electron chi connectivity index (χ1n) is 8.53. The predicted octanol–water partition coefficient (Wildman–Crippen LogP) is 2.96. The predicted molar refractivity (Wildman–Crippen MR) is 112 cm³/mol. The lowest BCUT2D eigenvalue weighted by Crippen LogP contribution is -2.14. The third-order valence-corrected chi connectivity index (χ3v) is 5.62. The minimum Gasteiger partial charge on any atom is -0.326 e. The summed E-state index contributed by atoms with van der Waals surface area (Å²) >= 11 is 2.65. The molecule has 29 heavy (non-hydrogen) atoms. The topological polar surface area (TPSA) is 115 Å². The molecule has 0 bridgehead atoms. The van der Waals surface area contributed by atoms with E-state index in [1.807, 2.05) is 24.3 Å². The molecule has 0 spiro atoms.